The van der Waals surface area contributed by atoms with Gasteiger partial charge in [-0.05, 0) is 44.3 Å². The SMILES string of the molecule is NCCC[C@@H]1CCCCCN1Cc1ccccc1.[HH]. The van der Waals surface area contributed by atoms with Gasteiger partial charge in [0.1, 0.15) is 0 Å². The zero-order valence-corrected chi connectivity index (χ0v) is 11.4. The summed E-state index contributed by atoms with van der Waals surface area (Å²) in [7, 11) is 0. The van der Waals surface area contributed by atoms with Gasteiger partial charge in [0.15, 0.2) is 0 Å². The van der Waals surface area contributed by atoms with Gasteiger partial charge in [0.05, 0.1) is 0 Å². The predicted octanol–water partition coefficient (Wildman–Crippen LogP) is 3.42. The number of hydrogen-bond donors (Lipinski definition) is 1. The average Bonchev–Trinajstić information content (AvgIpc) is 2.63. The van der Waals surface area contributed by atoms with Crippen LogP contribution in [0.1, 0.15) is 45.5 Å². The van der Waals surface area contributed by atoms with Crippen LogP contribution in [-0.4, -0.2) is 24.0 Å². The first-order chi connectivity index (χ1) is 8.90. The number of likely N-dealkylation sites (tertiary alicyclic amines) is 1. The number of rotatable bonds is 5. The van der Waals surface area contributed by atoms with Crippen molar-refractivity contribution in [2.45, 2.75) is 51.1 Å². The second-order valence-electron chi connectivity index (χ2n) is 5.39. The van der Waals surface area contributed by atoms with E-state index < -0.39 is 0 Å². The summed E-state index contributed by atoms with van der Waals surface area (Å²) >= 11 is 0. The first kappa shape index (κ1) is 13.6. The van der Waals surface area contributed by atoms with E-state index in [2.05, 4.69) is 35.2 Å². The van der Waals surface area contributed by atoms with E-state index in [1.165, 1.54) is 44.2 Å². The molecule has 0 bridgehead atoms. The van der Waals surface area contributed by atoms with Gasteiger partial charge in [0, 0.05) is 14.0 Å². The summed E-state index contributed by atoms with van der Waals surface area (Å²) in [6.45, 7) is 3.19. The summed E-state index contributed by atoms with van der Waals surface area (Å²) in [4.78, 5) is 2.68. The predicted molar refractivity (Wildman–Crippen MR) is 79.5 cm³/mol. The molecule has 1 aliphatic rings. The topological polar surface area (TPSA) is 29.3 Å². The third-order valence-corrected chi connectivity index (χ3v) is 3.97. The normalized spacial score (nSPS) is 21.7. The van der Waals surface area contributed by atoms with Gasteiger partial charge in [-0.3, -0.25) is 4.90 Å². The fourth-order valence-electron chi connectivity index (χ4n) is 2.94. The molecule has 18 heavy (non-hydrogen) atoms. The standard InChI is InChI=1S/C16H26N2.H2/c17-12-7-11-16-10-5-2-6-13-18(16)14-15-8-3-1-4-9-15;/h1,3-4,8-9,16H,2,5-7,10-14,17H2;1H/t16-;/m0./s1. The van der Waals surface area contributed by atoms with E-state index >= 15 is 0 Å². The van der Waals surface area contributed by atoms with E-state index in [0.717, 1.165) is 25.6 Å². The van der Waals surface area contributed by atoms with Crippen molar-refractivity contribution in [1.82, 2.24) is 4.90 Å². The Morgan fingerprint density at radius 3 is 2.78 bits per heavy atom. The highest BCUT2D eigenvalue weighted by atomic mass is 15.2. The third kappa shape index (κ3) is 4.11. The quantitative estimate of drug-likeness (QED) is 0.865. The van der Waals surface area contributed by atoms with Gasteiger partial charge in [-0.25, -0.2) is 0 Å². The highest BCUT2D eigenvalue weighted by molar-refractivity contribution is 5.14. The molecule has 1 saturated heterocycles. The molecule has 102 valence electrons. The summed E-state index contributed by atoms with van der Waals surface area (Å²) in [5.41, 5.74) is 7.11. The summed E-state index contributed by atoms with van der Waals surface area (Å²) in [6.07, 6.45) is 7.92. The van der Waals surface area contributed by atoms with Crippen LogP contribution < -0.4 is 5.73 Å². The maximum atomic E-state index is 5.66. The summed E-state index contributed by atoms with van der Waals surface area (Å²) in [5.74, 6) is 0. The molecule has 1 atom stereocenters. The van der Waals surface area contributed by atoms with Gasteiger partial charge in [0.25, 0.3) is 0 Å². The van der Waals surface area contributed by atoms with Crippen LogP contribution in [0.5, 0.6) is 0 Å². The van der Waals surface area contributed by atoms with Gasteiger partial charge in [-0.15, -0.1) is 0 Å². The molecule has 1 heterocycles. The molecule has 0 spiro atoms. The molecule has 0 aliphatic carbocycles. The third-order valence-electron chi connectivity index (χ3n) is 3.97. The van der Waals surface area contributed by atoms with Gasteiger partial charge in [-0.1, -0.05) is 43.2 Å². The fourth-order valence-corrected chi connectivity index (χ4v) is 2.94. The van der Waals surface area contributed by atoms with Crippen molar-refractivity contribution in [3.8, 4) is 0 Å². The Kier molecular flexibility index (Phi) is 5.69. The molecule has 1 aromatic rings. The molecular formula is C16H28N2. The van der Waals surface area contributed by atoms with Crippen LogP contribution >= 0.6 is 0 Å². The van der Waals surface area contributed by atoms with E-state index in [4.69, 9.17) is 5.73 Å². The maximum absolute atomic E-state index is 5.66. The van der Waals surface area contributed by atoms with E-state index in [9.17, 15) is 0 Å². The molecule has 1 fully saturated rings. The molecule has 2 heteroatoms. The summed E-state index contributed by atoms with van der Waals surface area (Å²) < 4.78 is 0. The number of hydrogen-bond acceptors (Lipinski definition) is 2. The van der Waals surface area contributed by atoms with Gasteiger partial charge in [-0.2, -0.15) is 0 Å². The van der Waals surface area contributed by atoms with E-state index in [0.29, 0.717) is 0 Å². The molecule has 2 N–H and O–H groups in total. The zero-order chi connectivity index (χ0) is 12.6. The molecule has 1 aromatic carbocycles. The largest absolute Gasteiger partial charge is 0.330 e. The Labute approximate surface area is 113 Å². The molecule has 0 radical (unpaired) electrons. The fraction of sp³-hybridized carbons (Fsp3) is 0.625. The molecule has 2 rings (SSSR count). The first-order valence-corrected chi connectivity index (χ1v) is 7.38. The van der Waals surface area contributed by atoms with Gasteiger partial charge >= 0.3 is 0 Å². The Morgan fingerprint density at radius 1 is 1.17 bits per heavy atom. The minimum absolute atomic E-state index is 0. The molecule has 2 nitrogen and oxygen atoms in total. The lowest BCUT2D eigenvalue weighted by Gasteiger charge is -2.30. The highest BCUT2D eigenvalue weighted by Crippen LogP contribution is 2.22. The van der Waals surface area contributed by atoms with Crippen LogP contribution in [0.15, 0.2) is 30.3 Å². The van der Waals surface area contributed by atoms with Crippen LogP contribution in [-0.2, 0) is 6.54 Å². The van der Waals surface area contributed by atoms with Crippen LogP contribution in [0.4, 0.5) is 0 Å². The van der Waals surface area contributed by atoms with Crippen LogP contribution in [0.25, 0.3) is 0 Å². The van der Waals surface area contributed by atoms with E-state index in [1.807, 2.05) is 0 Å². The van der Waals surface area contributed by atoms with Crippen molar-refractivity contribution in [3.63, 3.8) is 0 Å². The second-order valence-corrected chi connectivity index (χ2v) is 5.39. The Morgan fingerprint density at radius 2 is 2.00 bits per heavy atom. The van der Waals surface area contributed by atoms with Gasteiger partial charge < -0.3 is 5.73 Å². The monoisotopic (exact) mass is 248 g/mol. The van der Waals surface area contributed by atoms with Crippen molar-refractivity contribution in [1.29, 1.82) is 0 Å². The minimum atomic E-state index is 0. The zero-order valence-electron chi connectivity index (χ0n) is 11.4. The summed E-state index contributed by atoms with van der Waals surface area (Å²) in [6, 6.07) is 11.6. The lowest BCUT2D eigenvalue weighted by Crippen LogP contribution is -2.34. The minimum Gasteiger partial charge on any atom is -0.330 e. The number of nitrogens with zero attached hydrogens (tertiary/aromatic N) is 1. The Bertz CT molecular complexity index is 329. The molecule has 0 saturated carbocycles. The van der Waals surface area contributed by atoms with Crippen LogP contribution in [0.2, 0.25) is 0 Å². The van der Waals surface area contributed by atoms with Crippen molar-refractivity contribution in [2.75, 3.05) is 13.1 Å². The molecule has 0 aromatic heterocycles. The van der Waals surface area contributed by atoms with E-state index in [1.54, 1.807) is 0 Å². The molecule has 1 aliphatic heterocycles. The van der Waals surface area contributed by atoms with E-state index in [-0.39, 0.29) is 1.43 Å². The lowest BCUT2D eigenvalue weighted by molar-refractivity contribution is 0.179. The first-order valence-electron chi connectivity index (χ1n) is 7.38. The van der Waals surface area contributed by atoms with Crippen molar-refractivity contribution in [2.24, 2.45) is 5.73 Å². The Hall–Kier alpha value is -0.860. The number of benzene rings is 1. The van der Waals surface area contributed by atoms with Crippen LogP contribution in [0.3, 0.4) is 0 Å². The smallest absolute Gasteiger partial charge is 0.0236 e. The highest BCUT2D eigenvalue weighted by Gasteiger charge is 2.20. The molecular weight excluding hydrogens is 220 g/mol. The summed E-state index contributed by atoms with van der Waals surface area (Å²) in [5, 5.41) is 0. The van der Waals surface area contributed by atoms with Crippen LogP contribution in [0, 0.1) is 0 Å². The van der Waals surface area contributed by atoms with Crippen molar-refractivity contribution in [3.05, 3.63) is 35.9 Å². The van der Waals surface area contributed by atoms with Gasteiger partial charge in [0.2, 0.25) is 0 Å². The molecule has 0 amide bonds. The maximum Gasteiger partial charge on any atom is 0.0236 e. The lowest BCUT2D eigenvalue weighted by atomic mass is 10.0. The number of nitrogens with two attached hydrogens (primary N) is 1. The average molecular weight is 248 g/mol. The van der Waals surface area contributed by atoms with Crippen molar-refractivity contribution >= 4 is 0 Å². The molecule has 0 unspecified atom stereocenters. The Balaban J connectivity index is 0.00000180. The second kappa shape index (κ2) is 7.55. The van der Waals surface area contributed by atoms with Crippen molar-refractivity contribution < 1.29 is 1.43 Å².